The Labute approximate surface area is 110 Å². The van der Waals surface area contributed by atoms with Crippen LogP contribution in [0.2, 0.25) is 0 Å². The van der Waals surface area contributed by atoms with Crippen LogP contribution in [0.3, 0.4) is 0 Å². The largest absolute Gasteiger partial charge is 0.460 e. The maximum Gasteiger partial charge on any atom is 0.367 e. The van der Waals surface area contributed by atoms with Crippen molar-refractivity contribution in [2.45, 2.75) is 13.0 Å². The van der Waals surface area contributed by atoms with Crippen molar-refractivity contribution in [2.75, 3.05) is 12.4 Å². The molecule has 0 saturated carbocycles. The third-order valence-electron chi connectivity index (χ3n) is 1.50. The molecule has 108 valence electrons. The lowest BCUT2D eigenvalue weighted by molar-refractivity contribution is -0.204. The summed E-state index contributed by atoms with van der Waals surface area (Å²) in [5.74, 6) is -2.73. The van der Waals surface area contributed by atoms with Crippen LogP contribution in [0, 0.1) is 0 Å². The van der Waals surface area contributed by atoms with E-state index in [2.05, 4.69) is 20.5 Å². The first-order valence-electron chi connectivity index (χ1n) is 5.03. The first-order chi connectivity index (χ1) is 8.80. The fraction of sp³-hybridized carbons (Fsp3) is 0.400. The number of hydrogen-bond donors (Lipinski definition) is 1. The average Bonchev–Trinajstić information content (AvgIpc) is 2.33. The van der Waals surface area contributed by atoms with Crippen LogP contribution in [-0.4, -0.2) is 43.9 Å². The summed E-state index contributed by atoms with van der Waals surface area (Å²) in [6, 6.07) is 0. The molecule has 0 rings (SSSR count). The van der Waals surface area contributed by atoms with Crippen LogP contribution < -0.4 is 0 Å². The van der Waals surface area contributed by atoms with E-state index < -0.39 is 40.5 Å². The van der Waals surface area contributed by atoms with Gasteiger partial charge < -0.3 is 9.84 Å². The van der Waals surface area contributed by atoms with Gasteiger partial charge in [-0.25, -0.2) is 9.59 Å². The SMILES string of the molecule is C=CC(=O)OCC(O)CS(=O)(=O)OOC(=O)C=CC. The lowest BCUT2D eigenvalue weighted by Crippen LogP contribution is -2.28. The predicted octanol–water partition coefficient (Wildman–Crippen LogP) is -0.543. The summed E-state index contributed by atoms with van der Waals surface area (Å²) in [5, 5.41) is 9.27. The summed E-state index contributed by atoms with van der Waals surface area (Å²) in [7, 11) is -4.29. The zero-order valence-electron chi connectivity index (χ0n) is 10.1. The van der Waals surface area contributed by atoms with Crippen LogP contribution in [0.25, 0.3) is 0 Å². The van der Waals surface area contributed by atoms with Crippen molar-refractivity contribution >= 4 is 22.1 Å². The average molecular weight is 294 g/mol. The van der Waals surface area contributed by atoms with Crippen molar-refractivity contribution in [1.29, 1.82) is 0 Å². The Bertz CT molecular complexity index is 450. The van der Waals surface area contributed by atoms with E-state index >= 15 is 0 Å². The van der Waals surface area contributed by atoms with Gasteiger partial charge in [-0.1, -0.05) is 17.0 Å². The molecule has 0 spiro atoms. The molecule has 0 aromatic heterocycles. The maximum absolute atomic E-state index is 11.2. The van der Waals surface area contributed by atoms with Crippen LogP contribution in [0.5, 0.6) is 0 Å². The first kappa shape index (κ1) is 17.3. The van der Waals surface area contributed by atoms with Crippen molar-refractivity contribution < 1.29 is 37.1 Å². The molecule has 9 heteroatoms. The lowest BCUT2D eigenvalue weighted by Gasteiger charge is -2.09. The van der Waals surface area contributed by atoms with Gasteiger partial charge in [0.2, 0.25) is 0 Å². The third-order valence-corrected chi connectivity index (χ3v) is 2.57. The standard InChI is InChI=1S/C10H14O8S/c1-3-5-10(13)17-18-19(14,15)7-8(11)6-16-9(12)4-2/h3-5,8,11H,2,6-7H2,1H3. The number of carbonyl (C=O) groups is 2. The van der Waals surface area contributed by atoms with Gasteiger partial charge in [-0.15, -0.1) is 0 Å². The molecular weight excluding hydrogens is 280 g/mol. The molecule has 0 aromatic carbocycles. The van der Waals surface area contributed by atoms with Crippen LogP contribution in [0.15, 0.2) is 24.8 Å². The zero-order chi connectivity index (χ0) is 14.9. The second-order valence-corrected chi connectivity index (χ2v) is 4.77. The van der Waals surface area contributed by atoms with E-state index in [1.807, 2.05) is 0 Å². The molecule has 0 aliphatic carbocycles. The molecule has 0 saturated heterocycles. The number of allylic oxidation sites excluding steroid dienone is 1. The van der Waals surface area contributed by atoms with E-state index in [4.69, 9.17) is 0 Å². The Morgan fingerprint density at radius 1 is 1.37 bits per heavy atom. The van der Waals surface area contributed by atoms with Crippen molar-refractivity contribution in [3.63, 3.8) is 0 Å². The van der Waals surface area contributed by atoms with Gasteiger partial charge in [0.15, 0.2) is 0 Å². The van der Waals surface area contributed by atoms with Crippen LogP contribution in [0.1, 0.15) is 6.92 Å². The predicted molar refractivity (Wildman–Crippen MR) is 62.9 cm³/mol. The zero-order valence-corrected chi connectivity index (χ0v) is 11.0. The summed E-state index contributed by atoms with van der Waals surface area (Å²) in [5.41, 5.74) is 0. The number of esters is 1. The number of hydrogen-bond acceptors (Lipinski definition) is 8. The smallest absolute Gasteiger partial charge is 0.367 e. The second kappa shape index (κ2) is 8.40. The molecule has 0 radical (unpaired) electrons. The van der Waals surface area contributed by atoms with Gasteiger partial charge in [-0.2, -0.15) is 8.42 Å². The minimum Gasteiger partial charge on any atom is -0.460 e. The van der Waals surface area contributed by atoms with Crippen molar-refractivity contribution in [3.05, 3.63) is 24.8 Å². The minimum atomic E-state index is -4.29. The summed E-state index contributed by atoms with van der Waals surface area (Å²) >= 11 is 0. The molecule has 0 bridgehead atoms. The summed E-state index contributed by atoms with van der Waals surface area (Å²) < 4.78 is 30.8. The van der Waals surface area contributed by atoms with Crippen molar-refractivity contribution in [2.24, 2.45) is 0 Å². The Kier molecular flexibility index (Phi) is 7.65. The topological polar surface area (TPSA) is 116 Å². The summed E-state index contributed by atoms with van der Waals surface area (Å²) in [4.78, 5) is 25.4. The van der Waals surface area contributed by atoms with Gasteiger partial charge in [-0.05, 0) is 6.92 Å². The van der Waals surface area contributed by atoms with Crippen LogP contribution in [0.4, 0.5) is 0 Å². The molecule has 0 amide bonds. The van der Waals surface area contributed by atoms with E-state index in [1.54, 1.807) is 0 Å². The molecule has 0 aliphatic rings. The monoisotopic (exact) mass is 294 g/mol. The second-order valence-electron chi connectivity index (χ2n) is 3.18. The number of carbonyl (C=O) groups excluding carboxylic acids is 2. The van der Waals surface area contributed by atoms with E-state index in [0.717, 1.165) is 12.2 Å². The highest BCUT2D eigenvalue weighted by atomic mass is 32.2. The third kappa shape index (κ3) is 8.94. The molecule has 1 unspecified atom stereocenters. The highest BCUT2D eigenvalue weighted by Crippen LogP contribution is 2.00. The van der Waals surface area contributed by atoms with Crippen LogP contribution in [-0.2, 0) is 33.7 Å². The normalized spacial score (nSPS) is 12.9. The highest BCUT2D eigenvalue weighted by Gasteiger charge is 2.21. The van der Waals surface area contributed by atoms with Crippen molar-refractivity contribution in [3.8, 4) is 0 Å². The van der Waals surface area contributed by atoms with E-state index in [1.165, 1.54) is 13.0 Å². The Morgan fingerprint density at radius 2 is 2.00 bits per heavy atom. The van der Waals surface area contributed by atoms with Gasteiger partial charge in [0.25, 0.3) is 0 Å². The fourth-order valence-electron chi connectivity index (χ4n) is 0.798. The molecule has 8 nitrogen and oxygen atoms in total. The van der Waals surface area contributed by atoms with Gasteiger partial charge in [0, 0.05) is 12.2 Å². The highest BCUT2D eigenvalue weighted by molar-refractivity contribution is 7.86. The summed E-state index contributed by atoms with van der Waals surface area (Å²) in [6.45, 7) is 4.08. The van der Waals surface area contributed by atoms with E-state index in [9.17, 15) is 23.1 Å². The first-order valence-corrected chi connectivity index (χ1v) is 6.61. The lowest BCUT2D eigenvalue weighted by atomic mass is 10.4. The number of aliphatic hydroxyl groups excluding tert-OH is 1. The molecule has 1 N–H and O–H groups in total. The van der Waals surface area contributed by atoms with Gasteiger partial charge >= 0.3 is 22.1 Å². The Hall–Kier alpha value is -1.71. The molecule has 0 fully saturated rings. The number of ether oxygens (including phenoxy) is 1. The molecule has 0 aliphatic heterocycles. The van der Waals surface area contributed by atoms with Gasteiger partial charge in [-0.3, -0.25) is 4.89 Å². The molecule has 0 aromatic rings. The summed E-state index contributed by atoms with van der Waals surface area (Å²) in [6.07, 6.45) is 1.60. The van der Waals surface area contributed by atoms with E-state index in [0.29, 0.717) is 0 Å². The quantitative estimate of drug-likeness (QED) is 0.274. The van der Waals surface area contributed by atoms with Crippen LogP contribution >= 0.6 is 0 Å². The Morgan fingerprint density at radius 3 is 2.53 bits per heavy atom. The van der Waals surface area contributed by atoms with E-state index in [-0.39, 0.29) is 0 Å². The molecule has 19 heavy (non-hydrogen) atoms. The van der Waals surface area contributed by atoms with Gasteiger partial charge in [0.05, 0.1) is 0 Å². The molecule has 1 atom stereocenters. The minimum absolute atomic E-state index is 0.559. The number of aliphatic hydroxyl groups is 1. The van der Waals surface area contributed by atoms with Gasteiger partial charge in [0.1, 0.15) is 18.5 Å². The maximum atomic E-state index is 11.2. The molecular formula is C10H14O8S. The fourth-order valence-corrected chi connectivity index (χ4v) is 1.59. The molecule has 0 heterocycles. The Balaban J connectivity index is 4.17. The number of rotatable bonds is 8. The van der Waals surface area contributed by atoms with Crippen molar-refractivity contribution in [1.82, 2.24) is 0 Å².